The quantitative estimate of drug-likeness (QED) is 0.458. The Morgan fingerprint density at radius 3 is 2.79 bits per heavy atom. The second-order valence-electron chi connectivity index (χ2n) is 5.76. The highest BCUT2D eigenvalue weighted by atomic mass is 16.5. The monoisotopic (exact) mass is 398 g/mol. The van der Waals surface area contributed by atoms with Gasteiger partial charge in [-0.2, -0.15) is 5.26 Å². The lowest BCUT2D eigenvalue weighted by Gasteiger charge is -2.22. The molecule has 0 saturated heterocycles. The number of ether oxygens (including phenoxy) is 2. The number of nitrogens with zero attached hydrogens (tertiary/aromatic N) is 4. The predicted octanol–water partition coefficient (Wildman–Crippen LogP) is 1.90. The van der Waals surface area contributed by atoms with Gasteiger partial charge in [-0.05, 0) is 12.1 Å². The van der Waals surface area contributed by atoms with Gasteiger partial charge in [0.1, 0.15) is 23.4 Å². The van der Waals surface area contributed by atoms with E-state index in [0.29, 0.717) is 36.5 Å². The van der Waals surface area contributed by atoms with Crippen molar-refractivity contribution in [1.29, 1.82) is 5.26 Å². The summed E-state index contributed by atoms with van der Waals surface area (Å²) in [5, 5.41) is 15.0. The molecule has 0 spiro atoms. The summed E-state index contributed by atoms with van der Waals surface area (Å²) < 4.78 is 10.1. The van der Waals surface area contributed by atoms with Crippen LogP contribution in [0.4, 0.5) is 22.1 Å². The average Bonchev–Trinajstić information content (AvgIpc) is 2.74. The number of pyridine rings is 2. The number of hydrogen-bond donors (Lipinski definition) is 2. The Hall–Kier alpha value is -3.55. The Kier molecular flexibility index (Phi) is 8.50. The molecule has 0 aromatic carbocycles. The van der Waals surface area contributed by atoms with Crippen LogP contribution in [0.1, 0.15) is 16.1 Å². The van der Waals surface area contributed by atoms with E-state index in [-0.39, 0.29) is 24.7 Å². The van der Waals surface area contributed by atoms with Crippen molar-refractivity contribution in [3.05, 3.63) is 41.7 Å². The molecule has 0 atom stereocenters. The fraction of sp³-hybridized carbons (Fsp3) is 0.316. The molecule has 2 rings (SSSR count). The van der Waals surface area contributed by atoms with Gasteiger partial charge in [-0.1, -0.05) is 6.07 Å². The zero-order valence-electron chi connectivity index (χ0n) is 16.2. The van der Waals surface area contributed by atoms with Crippen molar-refractivity contribution >= 4 is 29.6 Å². The zero-order chi connectivity index (χ0) is 21.1. The first-order valence-corrected chi connectivity index (χ1v) is 8.75. The Bertz CT molecular complexity index is 883. The van der Waals surface area contributed by atoms with Gasteiger partial charge in [0.2, 0.25) is 0 Å². The second-order valence-corrected chi connectivity index (χ2v) is 5.76. The molecule has 2 N–H and O–H groups in total. The van der Waals surface area contributed by atoms with Gasteiger partial charge in [0.05, 0.1) is 31.0 Å². The van der Waals surface area contributed by atoms with Crippen molar-refractivity contribution in [1.82, 2.24) is 9.97 Å². The summed E-state index contributed by atoms with van der Waals surface area (Å²) in [5.41, 5.74) is 1.08. The molecule has 2 heterocycles. The van der Waals surface area contributed by atoms with Crippen molar-refractivity contribution in [3.8, 4) is 6.07 Å². The minimum absolute atomic E-state index is 0.207. The predicted molar refractivity (Wildman–Crippen MR) is 107 cm³/mol. The summed E-state index contributed by atoms with van der Waals surface area (Å²) >= 11 is 0. The Labute approximate surface area is 168 Å². The molecule has 0 bridgehead atoms. The van der Waals surface area contributed by atoms with Gasteiger partial charge < -0.3 is 14.8 Å². The van der Waals surface area contributed by atoms with Gasteiger partial charge in [-0.3, -0.25) is 15.0 Å². The first kappa shape index (κ1) is 21.7. The molecule has 0 aliphatic heterocycles. The largest absolute Gasteiger partial charge is 0.383 e. The third-order valence-corrected chi connectivity index (χ3v) is 3.80. The van der Waals surface area contributed by atoms with Crippen molar-refractivity contribution in [2.75, 3.05) is 56.1 Å². The first-order chi connectivity index (χ1) is 14.1. The molecule has 0 aliphatic carbocycles. The lowest BCUT2D eigenvalue weighted by molar-refractivity contribution is 0.111. The van der Waals surface area contributed by atoms with Crippen LogP contribution >= 0.6 is 0 Å². The van der Waals surface area contributed by atoms with Crippen molar-refractivity contribution in [2.24, 2.45) is 0 Å². The molecule has 0 saturated carbocycles. The van der Waals surface area contributed by atoms with E-state index < -0.39 is 6.03 Å². The van der Waals surface area contributed by atoms with Crippen LogP contribution in [0.15, 0.2) is 30.5 Å². The minimum atomic E-state index is -0.502. The van der Waals surface area contributed by atoms with Gasteiger partial charge >= 0.3 is 6.03 Å². The first-order valence-electron chi connectivity index (χ1n) is 8.75. The summed E-state index contributed by atoms with van der Waals surface area (Å²) in [7, 11) is 3.10. The number of anilines is 3. The highest BCUT2D eigenvalue weighted by Crippen LogP contribution is 2.19. The molecule has 0 radical (unpaired) electrons. The topological polar surface area (TPSA) is 129 Å². The van der Waals surface area contributed by atoms with Crippen LogP contribution in [0.25, 0.3) is 0 Å². The maximum Gasteiger partial charge on any atom is 0.328 e. The molecule has 2 aromatic heterocycles. The van der Waals surface area contributed by atoms with Crippen molar-refractivity contribution in [2.45, 2.75) is 0 Å². The van der Waals surface area contributed by atoms with E-state index in [1.807, 2.05) is 6.07 Å². The number of urea groups is 1. The third kappa shape index (κ3) is 6.24. The van der Waals surface area contributed by atoms with E-state index in [9.17, 15) is 14.9 Å². The number of amides is 2. The SMILES string of the molecule is COCCNc1cc(NC(=O)N(CCOC)c2cccc(C=O)n2)ncc1C#N. The second kappa shape index (κ2) is 11.3. The molecule has 0 aliphatic rings. The van der Waals surface area contributed by atoms with Gasteiger partial charge in [0, 0.05) is 33.0 Å². The van der Waals surface area contributed by atoms with Crippen LogP contribution < -0.4 is 15.5 Å². The Balaban J connectivity index is 2.22. The Morgan fingerprint density at radius 2 is 2.10 bits per heavy atom. The fourth-order valence-corrected chi connectivity index (χ4v) is 2.38. The van der Waals surface area contributed by atoms with Gasteiger partial charge in [0.25, 0.3) is 0 Å². The standard InChI is InChI=1S/C19H22N6O4/c1-28-8-6-21-16-10-17(22-12-14(16)11-20)24-19(27)25(7-9-29-2)18-5-3-4-15(13-26)23-18/h3-5,10,12-13H,6-9H2,1-2H3,(H2,21,22,24,27). The number of methoxy groups -OCH3 is 2. The van der Waals surface area contributed by atoms with E-state index in [1.165, 1.54) is 18.2 Å². The molecule has 0 unspecified atom stereocenters. The summed E-state index contributed by atoms with van der Waals surface area (Å²) in [6.07, 6.45) is 1.98. The molecule has 2 aromatic rings. The fourth-order valence-electron chi connectivity index (χ4n) is 2.38. The molecule has 152 valence electrons. The van der Waals surface area contributed by atoms with Crippen LogP contribution in [-0.2, 0) is 9.47 Å². The number of nitrogens with one attached hydrogen (secondary N) is 2. The molecule has 2 amide bonds. The van der Waals surface area contributed by atoms with Crippen LogP contribution in [0.5, 0.6) is 0 Å². The van der Waals surface area contributed by atoms with E-state index in [4.69, 9.17) is 9.47 Å². The maximum absolute atomic E-state index is 12.8. The number of aromatic nitrogens is 2. The van der Waals surface area contributed by atoms with Crippen LogP contribution in [-0.4, -0.2) is 62.8 Å². The van der Waals surface area contributed by atoms with E-state index in [0.717, 1.165) is 0 Å². The number of carbonyl (C=O) groups excluding carboxylic acids is 2. The number of nitriles is 1. The number of hydrogen-bond acceptors (Lipinski definition) is 8. The van der Waals surface area contributed by atoms with Crippen molar-refractivity contribution in [3.63, 3.8) is 0 Å². The molecule has 10 heteroatoms. The summed E-state index contributed by atoms with van der Waals surface area (Å²) in [6.45, 7) is 1.43. The van der Waals surface area contributed by atoms with E-state index >= 15 is 0 Å². The van der Waals surface area contributed by atoms with Crippen molar-refractivity contribution < 1.29 is 19.1 Å². The maximum atomic E-state index is 12.8. The van der Waals surface area contributed by atoms with Crippen LogP contribution in [0.3, 0.4) is 0 Å². The highest BCUT2D eigenvalue weighted by molar-refractivity contribution is 6.01. The van der Waals surface area contributed by atoms with E-state index in [1.54, 1.807) is 31.4 Å². The smallest absolute Gasteiger partial charge is 0.328 e. The normalized spacial score (nSPS) is 10.1. The van der Waals surface area contributed by atoms with Crippen LogP contribution in [0.2, 0.25) is 0 Å². The summed E-state index contributed by atoms with van der Waals surface area (Å²) in [6, 6.07) is 7.90. The molecular formula is C19H22N6O4. The molecule has 0 fully saturated rings. The van der Waals surface area contributed by atoms with Gasteiger partial charge in [0.15, 0.2) is 6.29 Å². The number of aldehydes is 1. The molecule has 10 nitrogen and oxygen atoms in total. The average molecular weight is 398 g/mol. The zero-order valence-corrected chi connectivity index (χ0v) is 16.2. The third-order valence-electron chi connectivity index (χ3n) is 3.80. The Morgan fingerprint density at radius 1 is 1.31 bits per heavy atom. The van der Waals surface area contributed by atoms with Gasteiger partial charge in [-0.15, -0.1) is 0 Å². The number of rotatable bonds is 10. The minimum Gasteiger partial charge on any atom is -0.383 e. The summed E-state index contributed by atoms with van der Waals surface area (Å²) in [4.78, 5) is 33.4. The lowest BCUT2D eigenvalue weighted by Crippen LogP contribution is -2.38. The van der Waals surface area contributed by atoms with Crippen LogP contribution in [0, 0.1) is 11.3 Å². The molecule has 29 heavy (non-hydrogen) atoms. The van der Waals surface area contributed by atoms with E-state index in [2.05, 4.69) is 20.6 Å². The highest BCUT2D eigenvalue weighted by Gasteiger charge is 2.18. The number of carbonyl (C=O) groups is 2. The summed E-state index contributed by atoms with van der Waals surface area (Å²) in [5.74, 6) is 0.555. The molecular weight excluding hydrogens is 376 g/mol. The van der Waals surface area contributed by atoms with Gasteiger partial charge in [-0.25, -0.2) is 14.8 Å². The lowest BCUT2D eigenvalue weighted by atomic mass is 10.2.